The van der Waals surface area contributed by atoms with E-state index in [1.807, 2.05) is 0 Å². The van der Waals surface area contributed by atoms with Gasteiger partial charge < -0.3 is 9.73 Å². The van der Waals surface area contributed by atoms with Gasteiger partial charge in [0.05, 0.1) is 16.7 Å². The van der Waals surface area contributed by atoms with Crippen LogP contribution >= 0.6 is 0 Å². The van der Waals surface area contributed by atoms with Gasteiger partial charge in [-0.15, -0.1) is 0 Å². The summed E-state index contributed by atoms with van der Waals surface area (Å²) in [5, 5.41) is 2.66. The van der Waals surface area contributed by atoms with Crippen molar-refractivity contribution in [2.24, 2.45) is 0 Å². The van der Waals surface area contributed by atoms with Crippen LogP contribution in [0.15, 0.2) is 58.0 Å². The first-order valence-electron chi connectivity index (χ1n) is 9.46. The highest BCUT2D eigenvalue weighted by molar-refractivity contribution is 7.89. The Morgan fingerprint density at radius 2 is 1.84 bits per heavy atom. The third kappa shape index (κ3) is 5.96. The Kier molecular flexibility index (Phi) is 6.81. The lowest BCUT2D eigenvalue weighted by Crippen LogP contribution is -2.30. The number of sulfonamides is 1. The van der Waals surface area contributed by atoms with Gasteiger partial charge in [-0.25, -0.2) is 26.9 Å². The highest BCUT2D eigenvalue weighted by Crippen LogP contribution is 2.24. The number of aryl methyl sites for hydroxylation is 1. The van der Waals surface area contributed by atoms with Crippen molar-refractivity contribution in [2.75, 3.05) is 5.32 Å². The number of halogens is 2. The maximum absolute atomic E-state index is 13.8. The first-order chi connectivity index (χ1) is 14.6. The van der Waals surface area contributed by atoms with E-state index in [9.17, 15) is 22.0 Å². The van der Waals surface area contributed by atoms with Crippen molar-refractivity contribution < 1.29 is 26.4 Å². The molecular formula is C21H21F2N3O4S. The molecule has 0 radical (unpaired) electrons. The molecule has 0 unspecified atom stereocenters. The van der Waals surface area contributed by atoms with E-state index in [-0.39, 0.29) is 46.9 Å². The van der Waals surface area contributed by atoms with Crippen molar-refractivity contribution in [3.63, 3.8) is 0 Å². The molecule has 31 heavy (non-hydrogen) atoms. The molecule has 0 aliphatic rings. The van der Waals surface area contributed by atoms with Gasteiger partial charge in [0, 0.05) is 30.6 Å². The summed E-state index contributed by atoms with van der Waals surface area (Å²) in [6.45, 7) is 3.44. The third-order valence-electron chi connectivity index (χ3n) is 4.16. The molecule has 3 rings (SSSR count). The zero-order valence-electron chi connectivity index (χ0n) is 16.9. The second kappa shape index (κ2) is 9.36. The number of benzene rings is 2. The number of carbonyl (C=O) groups is 1. The van der Waals surface area contributed by atoms with E-state index in [0.717, 1.165) is 12.1 Å². The lowest BCUT2D eigenvalue weighted by Gasteiger charge is -2.10. The average molecular weight is 449 g/mol. The van der Waals surface area contributed by atoms with Crippen LogP contribution in [0, 0.1) is 11.6 Å². The van der Waals surface area contributed by atoms with E-state index in [1.54, 1.807) is 13.8 Å². The molecular weight excluding hydrogens is 428 g/mol. The van der Waals surface area contributed by atoms with E-state index in [0.29, 0.717) is 5.69 Å². The number of oxazole rings is 1. The van der Waals surface area contributed by atoms with Crippen LogP contribution in [0.2, 0.25) is 0 Å². The summed E-state index contributed by atoms with van der Waals surface area (Å²) in [5.41, 5.74) is 0.515. The zero-order chi connectivity index (χ0) is 22.6. The van der Waals surface area contributed by atoms with E-state index in [1.165, 1.54) is 36.5 Å². The highest BCUT2D eigenvalue weighted by atomic mass is 32.2. The predicted molar refractivity (Wildman–Crippen MR) is 111 cm³/mol. The average Bonchev–Trinajstić information content (AvgIpc) is 3.14. The molecule has 3 aromatic rings. The molecule has 164 valence electrons. The minimum Gasteiger partial charge on any atom is -0.441 e. The van der Waals surface area contributed by atoms with Crippen molar-refractivity contribution in [3.8, 4) is 11.3 Å². The number of nitrogens with one attached hydrogen (secondary N) is 2. The quantitative estimate of drug-likeness (QED) is 0.544. The number of rotatable bonds is 8. The first-order valence-corrected chi connectivity index (χ1v) is 10.9. The smallest absolute Gasteiger partial charge is 0.240 e. The molecule has 1 heterocycles. The molecule has 0 atom stereocenters. The molecule has 0 bridgehead atoms. The molecule has 0 spiro atoms. The van der Waals surface area contributed by atoms with Gasteiger partial charge in [0.1, 0.15) is 11.6 Å². The first kappa shape index (κ1) is 22.6. The van der Waals surface area contributed by atoms with Crippen LogP contribution in [-0.2, 0) is 21.2 Å². The van der Waals surface area contributed by atoms with E-state index in [2.05, 4.69) is 15.0 Å². The minimum atomic E-state index is -3.61. The molecule has 10 heteroatoms. The Morgan fingerprint density at radius 1 is 1.13 bits per heavy atom. The molecule has 0 fully saturated rings. The van der Waals surface area contributed by atoms with Gasteiger partial charge in [0.25, 0.3) is 0 Å². The van der Waals surface area contributed by atoms with Crippen molar-refractivity contribution in [1.29, 1.82) is 0 Å². The van der Waals surface area contributed by atoms with Gasteiger partial charge in [0.15, 0.2) is 11.7 Å². The number of carbonyl (C=O) groups excluding carboxylic acids is 1. The molecule has 1 aromatic heterocycles. The highest BCUT2D eigenvalue weighted by Gasteiger charge is 2.16. The SMILES string of the molecule is CC(C)NS(=O)(=O)c1ccc(NC(=O)CCc2ncc(-c3ccc(F)cc3F)o2)cc1. The second-order valence-corrected chi connectivity index (χ2v) is 8.80. The lowest BCUT2D eigenvalue weighted by atomic mass is 10.2. The standard InChI is InChI=1S/C21H21F2N3O4S/c1-13(2)26-31(28,29)16-6-4-15(5-7-16)25-20(27)9-10-21-24-12-19(30-21)17-8-3-14(22)11-18(17)23/h3-8,11-13,26H,9-10H2,1-2H3,(H,25,27). The van der Waals surface area contributed by atoms with Crippen molar-refractivity contribution in [3.05, 3.63) is 66.2 Å². The lowest BCUT2D eigenvalue weighted by molar-refractivity contribution is -0.116. The molecule has 2 N–H and O–H groups in total. The second-order valence-electron chi connectivity index (χ2n) is 7.09. The normalized spacial score (nSPS) is 11.6. The van der Waals surface area contributed by atoms with Crippen LogP contribution in [0.4, 0.5) is 14.5 Å². The number of hydrogen-bond acceptors (Lipinski definition) is 5. The van der Waals surface area contributed by atoms with Gasteiger partial charge in [-0.05, 0) is 50.2 Å². The summed E-state index contributed by atoms with van der Waals surface area (Å²) in [4.78, 5) is 16.3. The van der Waals surface area contributed by atoms with Crippen molar-refractivity contribution in [2.45, 2.75) is 37.6 Å². The van der Waals surface area contributed by atoms with Gasteiger partial charge in [-0.2, -0.15) is 0 Å². The summed E-state index contributed by atoms with van der Waals surface area (Å²) >= 11 is 0. The fraction of sp³-hybridized carbons (Fsp3) is 0.238. The van der Waals surface area contributed by atoms with Crippen LogP contribution in [0.1, 0.15) is 26.2 Å². The topological polar surface area (TPSA) is 101 Å². The van der Waals surface area contributed by atoms with Crippen LogP contribution < -0.4 is 10.0 Å². The Balaban J connectivity index is 1.57. The van der Waals surface area contributed by atoms with Crippen LogP contribution in [-0.4, -0.2) is 25.4 Å². The summed E-state index contributed by atoms with van der Waals surface area (Å²) in [7, 11) is -3.61. The van der Waals surface area contributed by atoms with Crippen LogP contribution in [0.25, 0.3) is 11.3 Å². The molecule has 0 saturated heterocycles. The Hall–Kier alpha value is -3.11. The summed E-state index contributed by atoms with van der Waals surface area (Å²) in [5.74, 6) is -1.42. The summed E-state index contributed by atoms with van der Waals surface area (Å²) in [6.07, 6.45) is 1.52. The number of nitrogens with zero attached hydrogens (tertiary/aromatic N) is 1. The number of anilines is 1. The van der Waals surface area contributed by atoms with Crippen LogP contribution in [0.3, 0.4) is 0 Å². The predicted octanol–water partition coefficient (Wildman–Crippen LogP) is 3.88. The van der Waals surface area contributed by atoms with Crippen molar-refractivity contribution >= 4 is 21.6 Å². The van der Waals surface area contributed by atoms with E-state index >= 15 is 0 Å². The zero-order valence-corrected chi connectivity index (χ0v) is 17.7. The monoisotopic (exact) mass is 449 g/mol. The largest absolute Gasteiger partial charge is 0.441 e. The van der Waals surface area contributed by atoms with Crippen LogP contribution in [0.5, 0.6) is 0 Å². The van der Waals surface area contributed by atoms with Crippen molar-refractivity contribution in [1.82, 2.24) is 9.71 Å². The Morgan fingerprint density at radius 3 is 2.48 bits per heavy atom. The van der Waals surface area contributed by atoms with E-state index in [4.69, 9.17) is 4.42 Å². The molecule has 0 aliphatic carbocycles. The van der Waals surface area contributed by atoms with Gasteiger partial charge in [-0.3, -0.25) is 4.79 Å². The molecule has 0 aliphatic heterocycles. The molecule has 0 saturated carbocycles. The minimum absolute atomic E-state index is 0.0425. The number of amides is 1. The van der Waals surface area contributed by atoms with Gasteiger partial charge >= 0.3 is 0 Å². The van der Waals surface area contributed by atoms with E-state index < -0.39 is 21.7 Å². The fourth-order valence-corrected chi connectivity index (χ4v) is 4.03. The fourth-order valence-electron chi connectivity index (χ4n) is 2.78. The molecule has 2 aromatic carbocycles. The molecule has 7 nitrogen and oxygen atoms in total. The Labute approximate surface area is 178 Å². The maximum Gasteiger partial charge on any atom is 0.240 e. The number of aromatic nitrogens is 1. The third-order valence-corrected chi connectivity index (χ3v) is 5.83. The Bertz CT molecular complexity index is 1180. The summed E-state index contributed by atoms with van der Waals surface area (Å²) in [6, 6.07) is 8.67. The van der Waals surface area contributed by atoms with Gasteiger partial charge in [0.2, 0.25) is 15.9 Å². The maximum atomic E-state index is 13.8. The number of hydrogen-bond donors (Lipinski definition) is 2. The summed E-state index contributed by atoms with van der Waals surface area (Å²) < 4.78 is 59.0. The molecule has 1 amide bonds. The van der Waals surface area contributed by atoms with Gasteiger partial charge in [-0.1, -0.05) is 0 Å².